The van der Waals surface area contributed by atoms with Gasteiger partial charge in [0, 0.05) is 6.42 Å². The molecule has 76 valence electrons. The first-order chi connectivity index (χ1) is 6.42. The number of aliphatic hydroxyl groups is 1. The van der Waals surface area contributed by atoms with Gasteiger partial charge in [-0.05, 0) is 17.7 Å². The summed E-state index contributed by atoms with van der Waals surface area (Å²) >= 11 is 0. The van der Waals surface area contributed by atoms with Gasteiger partial charge in [0.25, 0.3) is 0 Å². The van der Waals surface area contributed by atoms with Crippen molar-refractivity contribution >= 4 is 5.97 Å². The van der Waals surface area contributed by atoms with Gasteiger partial charge in [-0.3, -0.25) is 5.73 Å². The van der Waals surface area contributed by atoms with Crippen molar-refractivity contribution in [3.05, 3.63) is 29.8 Å². The molecular weight excluding hydrogens is 186 g/mol. The first-order valence-electron chi connectivity index (χ1n) is 3.94. The van der Waals surface area contributed by atoms with Gasteiger partial charge in [-0.1, -0.05) is 12.1 Å². The lowest BCUT2D eigenvalue weighted by molar-refractivity contribution is -0.157. The lowest BCUT2D eigenvalue weighted by Crippen LogP contribution is -2.49. The molecule has 0 aliphatic heterocycles. The number of aliphatic carboxylic acids is 1. The van der Waals surface area contributed by atoms with E-state index in [4.69, 9.17) is 15.9 Å². The van der Waals surface area contributed by atoms with Crippen molar-refractivity contribution in [1.29, 1.82) is 0 Å². The van der Waals surface area contributed by atoms with E-state index in [-0.39, 0.29) is 12.2 Å². The lowest BCUT2D eigenvalue weighted by Gasteiger charge is -2.17. The first kappa shape index (κ1) is 10.5. The Morgan fingerprint density at radius 3 is 2.64 bits per heavy atom. The van der Waals surface area contributed by atoms with Gasteiger partial charge in [0.05, 0.1) is 0 Å². The van der Waals surface area contributed by atoms with Crippen LogP contribution in [0.2, 0.25) is 0 Å². The SMILES string of the molecule is NC(O)(Cc1cccc(O)c1)C(=O)O. The number of benzene rings is 1. The highest BCUT2D eigenvalue weighted by Crippen LogP contribution is 2.14. The standard InChI is InChI=1S/C9H11NO4/c10-9(14,8(12)13)5-6-2-1-3-7(11)4-6/h1-4,11,14H,5,10H2,(H,12,13). The van der Waals surface area contributed by atoms with Gasteiger partial charge in [0.1, 0.15) is 5.75 Å². The number of phenols is 1. The number of phenolic OH excluding ortho intramolecular Hbond substituents is 1. The Morgan fingerprint density at radius 1 is 1.50 bits per heavy atom. The topological polar surface area (TPSA) is 104 Å². The summed E-state index contributed by atoms with van der Waals surface area (Å²) in [4.78, 5) is 10.5. The molecule has 0 aliphatic carbocycles. The maximum atomic E-state index is 10.5. The molecule has 0 heterocycles. The second-order valence-corrected chi connectivity index (χ2v) is 3.08. The minimum absolute atomic E-state index is 0.00342. The number of nitrogens with two attached hydrogens (primary N) is 1. The van der Waals surface area contributed by atoms with E-state index in [1.807, 2.05) is 0 Å². The summed E-state index contributed by atoms with van der Waals surface area (Å²) in [6.45, 7) is 0. The van der Waals surface area contributed by atoms with Gasteiger partial charge in [-0.25, -0.2) is 4.79 Å². The van der Waals surface area contributed by atoms with Crippen molar-refractivity contribution in [2.24, 2.45) is 5.73 Å². The summed E-state index contributed by atoms with van der Waals surface area (Å²) < 4.78 is 0. The molecule has 5 N–H and O–H groups in total. The zero-order valence-electron chi connectivity index (χ0n) is 7.34. The number of carboxylic acids is 1. The zero-order chi connectivity index (χ0) is 10.8. The molecule has 0 fully saturated rings. The molecule has 1 rings (SSSR count). The third-order valence-corrected chi connectivity index (χ3v) is 1.75. The Kier molecular flexibility index (Phi) is 2.73. The van der Waals surface area contributed by atoms with Crippen LogP contribution in [-0.4, -0.2) is 27.0 Å². The first-order valence-corrected chi connectivity index (χ1v) is 3.94. The maximum absolute atomic E-state index is 10.5. The number of aromatic hydroxyl groups is 1. The second kappa shape index (κ2) is 3.65. The van der Waals surface area contributed by atoms with Gasteiger partial charge in [0.15, 0.2) is 0 Å². The molecule has 14 heavy (non-hydrogen) atoms. The summed E-state index contributed by atoms with van der Waals surface area (Å²) in [7, 11) is 0. The molecule has 1 aromatic rings. The van der Waals surface area contributed by atoms with Gasteiger partial charge >= 0.3 is 5.97 Å². The largest absolute Gasteiger partial charge is 0.508 e. The average molecular weight is 197 g/mol. The van der Waals surface area contributed by atoms with Crippen LogP contribution in [0.1, 0.15) is 5.56 Å². The number of carbonyl (C=O) groups is 1. The minimum Gasteiger partial charge on any atom is -0.508 e. The van der Waals surface area contributed by atoms with E-state index < -0.39 is 11.7 Å². The summed E-state index contributed by atoms with van der Waals surface area (Å²) in [5, 5.41) is 26.8. The van der Waals surface area contributed by atoms with Crippen LogP contribution in [0.15, 0.2) is 24.3 Å². The highest BCUT2D eigenvalue weighted by Gasteiger charge is 2.30. The smallest absolute Gasteiger partial charge is 0.351 e. The highest BCUT2D eigenvalue weighted by atomic mass is 16.4. The molecule has 5 heteroatoms. The fraction of sp³-hybridized carbons (Fsp3) is 0.222. The summed E-state index contributed by atoms with van der Waals surface area (Å²) in [6, 6.07) is 5.91. The fourth-order valence-electron chi connectivity index (χ4n) is 1.05. The van der Waals surface area contributed by atoms with Crippen molar-refractivity contribution in [3.8, 4) is 5.75 Å². The Hall–Kier alpha value is -1.59. The highest BCUT2D eigenvalue weighted by molar-refractivity contribution is 5.76. The van der Waals surface area contributed by atoms with E-state index in [0.717, 1.165) is 0 Å². The molecule has 0 saturated carbocycles. The number of hydrogen-bond donors (Lipinski definition) is 4. The van der Waals surface area contributed by atoms with E-state index in [1.165, 1.54) is 12.1 Å². The van der Waals surface area contributed by atoms with Crippen LogP contribution in [0.4, 0.5) is 0 Å². The molecule has 0 spiro atoms. The van der Waals surface area contributed by atoms with E-state index in [0.29, 0.717) is 5.56 Å². The number of rotatable bonds is 3. The lowest BCUT2D eigenvalue weighted by atomic mass is 10.0. The maximum Gasteiger partial charge on any atom is 0.351 e. The molecule has 1 atom stereocenters. The molecule has 1 aromatic carbocycles. The van der Waals surface area contributed by atoms with E-state index in [9.17, 15) is 9.90 Å². The van der Waals surface area contributed by atoms with Crippen molar-refractivity contribution in [1.82, 2.24) is 0 Å². The van der Waals surface area contributed by atoms with Crippen LogP contribution in [0.5, 0.6) is 5.75 Å². The van der Waals surface area contributed by atoms with Crippen LogP contribution in [-0.2, 0) is 11.2 Å². The fourth-order valence-corrected chi connectivity index (χ4v) is 1.05. The summed E-state index contributed by atoms with van der Waals surface area (Å²) in [5.41, 5.74) is 3.27. The van der Waals surface area contributed by atoms with Crippen molar-refractivity contribution in [3.63, 3.8) is 0 Å². The molecule has 0 saturated heterocycles. The van der Waals surface area contributed by atoms with Crippen LogP contribution in [0, 0.1) is 0 Å². The molecule has 0 aromatic heterocycles. The van der Waals surface area contributed by atoms with Crippen molar-refractivity contribution < 1.29 is 20.1 Å². The molecule has 0 radical (unpaired) electrons. The quantitative estimate of drug-likeness (QED) is 0.496. The summed E-state index contributed by atoms with van der Waals surface area (Å²) in [6.07, 6.45) is -0.253. The molecular formula is C9H11NO4. The molecule has 5 nitrogen and oxygen atoms in total. The number of hydrogen-bond acceptors (Lipinski definition) is 4. The molecule has 0 aliphatic rings. The van der Waals surface area contributed by atoms with Crippen LogP contribution < -0.4 is 5.73 Å². The summed E-state index contributed by atoms with van der Waals surface area (Å²) in [5.74, 6) is -1.50. The van der Waals surface area contributed by atoms with Crippen LogP contribution >= 0.6 is 0 Å². The Labute approximate surface area is 80.4 Å². The van der Waals surface area contributed by atoms with Gasteiger partial charge in [-0.15, -0.1) is 0 Å². The molecule has 0 bridgehead atoms. The van der Waals surface area contributed by atoms with Crippen molar-refractivity contribution in [2.75, 3.05) is 0 Å². The Balaban J connectivity index is 2.83. The van der Waals surface area contributed by atoms with Gasteiger partial charge in [0.2, 0.25) is 5.72 Å². The van der Waals surface area contributed by atoms with E-state index in [2.05, 4.69) is 0 Å². The van der Waals surface area contributed by atoms with Crippen LogP contribution in [0.3, 0.4) is 0 Å². The monoisotopic (exact) mass is 197 g/mol. The normalized spacial score (nSPS) is 14.7. The second-order valence-electron chi connectivity index (χ2n) is 3.08. The Bertz CT molecular complexity index is 348. The molecule has 0 amide bonds. The zero-order valence-corrected chi connectivity index (χ0v) is 7.34. The van der Waals surface area contributed by atoms with Crippen LogP contribution in [0.25, 0.3) is 0 Å². The average Bonchev–Trinajstić information content (AvgIpc) is 2.02. The Morgan fingerprint density at radius 2 is 2.14 bits per heavy atom. The van der Waals surface area contributed by atoms with Crippen molar-refractivity contribution in [2.45, 2.75) is 12.1 Å². The molecule has 1 unspecified atom stereocenters. The third kappa shape index (κ3) is 2.45. The van der Waals surface area contributed by atoms with Gasteiger partial charge in [-0.2, -0.15) is 0 Å². The number of carboxylic acid groups (broad SMARTS) is 1. The van der Waals surface area contributed by atoms with E-state index in [1.54, 1.807) is 12.1 Å². The predicted molar refractivity (Wildman–Crippen MR) is 48.6 cm³/mol. The predicted octanol–water partition coefficient (Wildman–Crippen LogP) is -0.333. The minimum atomic E-state index is -2.30. The van der Waals surface area contributed by atoms with Gasteiger partial charge < -0.3 is 15.3 Å². The van der Waals surface area contributed by atoms with E-state index >= 15 is 0 Å². The third-order valence-electron chi connectivity index (χ3n) is 1.75.